The summed E-state index contributed by atoms with van der Waals surface area (Å²) in [6.07, 6.45) is 8.40. The first-order chi connectivity index (χ1) is 9.22. The molecule has 0 amide bonds. The van der Waals surface area contributed by atoms with Crippen LogP contribution in [0.2, 0.25) is 0 Å². The number of aromatic nitrogens is 1. The molecule has 1 heterocycles. The number of benzene rings is 1. The van der Waals surface area contributed by atoms with Gasteiger partial charge in [-0.1, -0.05) is 44.4 Å². The molecule has 1 atom stereocenters. The number of fused-ring (bicyclic) bond motifs is 1. The van der Waals surface area contributed by atoms with Crippen LogP contribution in [0.5, 0.6) is 0 Å². The van der Waals surface area contributed by atoms with Crippen LogP contribution in [0.1, 0.15) is 45.1 Å². The molecule has 19 heavy (non-hydrogen) atoms. The van der Waals surface area contributed by atoms with Crippen LogP contribution in [0.3, 0.4) is 0 Å². The largest absolute Gasteiger partial charge is 0.347 e. The van der Waals surface area contributed by atoms with Gasteiger partial charge in [-0.15, -0.1) is 0 Å². The van der Waals surface area contributed by atoms with Crippen molar-refractivity contribution in [3.63, 3.8) is 0 Å². The molecule has 0 spiro atoms. The molecule has 2 heteroatoms. The van der Waals surface area contributed by atoms with E-state index in [1.54, 1.807) is 0 Å². The molecular formula is C17H26N2. The molecule has 0 aliphatic rings. The summed E-state index contributed by atoms with van der Waals surface area (Å²) in [6, 6.07) is 8.99. The number of aryl methyl sites for hydroxylation is 1. The van der Waals surface area contributed by atoms with Gasteiger partial charge in [-0.2, -0.15) is 0 Å². The number of hydrogen-bond donors (Lipinski definition) is 1. The van der Waals surface area contributed by atoms with Crippen molar-refractivity contribution < 1.29 is 0 Å². The Balaban J connectivity index is 2.19. The van der Waals surface area contributed by atoms with Crippen molar-refractivity contribution in [3.05, 3.63) is 36.0 Å². The van der Waals surface area contributed by atoms with E-state index in [2.05, 4.69) is 48.9 Å². The average molecular weight is 258 g/mol. The van der Waals surface area contributed by atoms with Gasteiger partial charge >= 0.3 is 0 Å². The fourth-order valence-corrected chi connectivity index (χ4v) is 2.75. The monoisotopic (exact) mass is 258 g/mol. The molecule has 1 aromatic heterocycles. The number of hydrogen-bond acceptors (Lipinski definition) is 1. The van der Waals surface area contributed by atoms with Crippen LogP contribution >= 0.6 is 0 Å². The maximum Gasteiger partial charge on any atom is 0.0513 e. The second kappa shape index (κ2) is 6.76. The maximum absolute atomic E-state index is 5.96. The zero-order valence-electron chi connectivity index (χ0n) is 12.2. The molecule has 1 unspecified atom stereocenters. The Kier molecular flexibility index (Phi) is 5.03. The molecule has 2 nitrogen and oxygen atoms in total. The molecule has 0 saturated carbocycles. The predicted molar refractivity (Wildman–Crippen MR) is 83.4 cm³/mol. The summed E-state index contributed by atoms with van der Waals surface area (Å²) in [4.78, 5) is 0. The van der Waals surface area contributed by atoms with E-state index < -0.39 is 0 Å². The van der Waals surface area contributed by atoms with Crippen molar-refractivity contribution in [2.75, 3.05) is 0 Å². The van der Waals surface area contributed by atoms with Gasteiger partial charge in [0.2, 0.25) is 0 Å². The summed E-state index contributed by atoms with van der Waals surface area (Å²) >= 11 is 0. The zero-order valence-corrected chi connectivity index (χ0v) is 12.2. The van der Waals surface area contributed by atoms with Crippen molar-refractivity contribution in [2.45, 2.75) is 58.5 Å². The number of unbranched alkanes of at least 4 members (excludes halogenated alkanes) is 3. The van der Waals surface area contributed by atoms with Crippen molar-refractivity contribution >= 4 is 10.9 Å². The van der Waals surface area contributed by atoms with Gasteiger partial charge < -0.3 is 10.3 Å². The van der Waals surface area contributed by atoms with Crippen LogP contribution in [0.4, 0.5) is 0 Å². The van der Waals surface area contributed by atoms with Gasteiger partial charge in [-0.25, -0.2) is 0 Å². The molecule has 104 valence electrons. The maximum atomic E-state index is 5.96. The molecule has 2 N–H and O–H groups in total. The third kappa shape index (κ3) is 3.60. The van der Waals surface area contributed by atoms with Crippen molar-refractivity contribution in [3.8, 4) is 0 Å². The summed E-state index contributed by atoms with van der Waals surface area (Å²) in [7, 11) is 0. The highest BCUT2D eigenvalue weighted by Crippen LogP contribution is 2.22. The standard InChI is InChI=1S/C17H26N2/c1-3-4-5-6-11-19-12-10-15-8-7-9-16(17(15)19)13-14(2)18/h7-10,12,14H,3-6,11,13,18H2,1-2H3. The minimum atomic E-state index is 0.217. The lowest BCUT2D eigenvalue weighted by molar-refractivity contribution is 0.592. The zero-order chi connectivity index (χ0) is 13.7. The Morgan fingerprint density at radius 1 is 1.16 bits per heavy atom. The third-order valence-corrected chi connectivity index (χ3v) is 3.67. The van der Waals surface area contributed by atoms with Gasteiger partial charge in [-0.3, -0.25) is 0 Å². The van der Waals surface area contributed by atoms with E-state index in [4.69, 9.17) is 5.73 Å². The second-order valence-electron chi connectivity index (χ2n) is 5.61. The van der Waals surface area contributed by atoms with Crippen LogP contribution in [0.15, 0.2) is 30.5 Å². The van der Waals surface area contributed by atoms with Gasteiger partial charge in [0.25, 0.3) is 0 Å². The minimum absolute atomic E-state index is 0.217. The van der Waals surface area contributed by atoms with E-state index in [-0.39, 0.29) is 6.04 Å². The Hall–Kier alpha value is -1.28. The first-order valence-electron chi connectivity index (χ1n) is 7.54. The minimum Gasteiger partial charge on any atom is -0.347 e. The number of nitrogens with zero attached hydrogens (tertiary/aromatic N) is 1. The van der Waals surface area contributed by atoms with E-state index >= 15 is 0 Å². The molecule has 0 aliphatic carbocycles. The molecule has 2 aromatic rings. The van der Waals surface area contributed by atoms with E-state index in [1.807, 2.05) is 0 Å². The number of rotatable bonds is 7. The summed E-state index contributed by atoms with van der Waals surface area (Å²) < 4.78 is 2.41. The van der Waals surface area contributed by atoms with Gasteiger partial charge in [-0.05, 0) is 36.8 Å². The fourth-order valence-electron chi connectivity index (χ4n) is 2.75. The summed E-state index contributed by atoms with van der Waals surface area (Å²) in [5.41, 5.74) is 8.73. The summed E-state index contributed by atoms with van der Waals surface area (Å²) in [5.74, 6) is 0. The van der Waals surface area contributed by atoms with Crippen LogP contribution < -0.4 is 5.73 Å². The normalized spacial score (nSPS) is 13.0. The Morgan fingerprint density at radius 2 is 2.00 bits per heavy atom. The van der Waals surface area contributed by atoms with E-state index in [0.29, 0.717) is 0 Å². The van der Waals surface area contributed by atoms with Crippen LogP contribution in [0.25, 0.3) is 10.9 Å². The van der Waals surface area contributed by atoms with E-state index in [0.717, 1.165) is 13.0 Å². The molecular weight excluding hydrogens is 232 g/mol. The second-order valence-corrected chi connectivity index (χ2v) is 5.61. The quantitative estimate of drug-likeness (QED) is 0.744. The predicted octanol–water partition coefficient (Wildman–Crippen LogP) is 4.11. The fraction of sp³-hybridized carbons (Fsp3) is 0.529. The molecule has 0 radical (unpaired) electrons. The highest BCUT2D eigenvalue weighted by Gasteiger charge is 2.08. The molecule has 0 aliphatic heterocycles. The van der Waals surface area contributed by atoms with Crippen LogP contribution in [0, 0.1) is 0 Å². The number of para-hydroxylation sites is 1. The lowest BCUT2D eigenvalue weighted by Crippen LogP contribution is -2.18. The van der Waals surface area contributed by atoms with E-state index in [9.17, 15) is 0 Å². The van der Waals surface area contributed by atoms with Crippen LogP contribution in [-0.4, -0.2) is 10.6 Å². The SMILES string of the molecule is CCCCCCn1ccc2cccc(CC(C)N)c21. The average Bonchev–Trinajstić information content (AvgIpc) is 2.78. The molecule has 0 saturated heterocycles. The topological polar surface area (TPSA) is 30.9 Å². The lowest BCUT2D eigenvalue weighted by atomic mass is 10.0. The van der Waals surface area contributed by atoms with Crippen molar-refractivity contribution in [1.29, 1.82) is 0 Å². The van der Waals surface area contributed by atoms with Gasteiger partial charge in [0.1, 0.15) is 0 Å². The highest BCUT2D eigenvalue weighted by molar-refractivity contribution is 5.83. The molecule has 0 bridgehead atoms. The Labute approximate surface area is 116 Å². The Bertz CT molecular complexity index is 511. The lowest BCUT2D eigenvalue weighted by Gasteiger charge is -2.11. The highest BCUT2D eigenvalue weighted by atomic mass is 15.0. The number of nitrogens with two attached hydrogens (primary N) is 1. The molecule has 2 rings (SSSR count). The van der Waals surface area contributed by atoms with Gasteiger partial charge in [0.15, 0.2) is 0 Å². The van der Waals surface area contributed by atoms with Crippen molar-refractivity contribution in [1.82, 2.24) is 4.57 Å². The van der Waals surface area contributed by atoms with Gasteiger partial charge in [0.05, 0.1) is 5.52 Å². The summed E-state index contributed by atoms with van der Waals surface area (Å²) in [5, 5.41) is 1.34. The molecule has 1 aromatic carbocycles. The summed E-state index contributed by atoms with van der Waals surface area (Å²) in [6.45, 7) is 5.46. The Morgan fingerprint density at radius 3 is 2.74 bits per heavy atom. The van der Waals surface area contributed by atoms with Crippen LogP contribution in [-0.2, 0) is 13.0 Å². The van der Waals surface area contributed by atoms with E-state index in [1.165, 1.54) is 42.1 Å². The molecule has 0 fully saturated rings. The van der Waals surface area contributed by atoms with Crippen molar-refractivity contribution in [2.24, 2.45) is 5.73 Å². The van der Waals surface area contributed by atoms with Gasteiger partial charge in [0, 0.05) is 18.8 Å². The third-order valence-electron chi connectivity index (χ3n) is 3.67. The first kappa shape index (κ1) is 14.1. The first-order valence-corrected chi connectivity index (χ1v) is 7.54. The smallest absolute Gasteiger partial charge is 0.0513 e.